The minimum absolute atomic E-state index is 0.757. The molecule has 1 heterocycles. The largest absolute Gasteiger partial charge is 0.307 e. The van der Waals surface area contributed by atoms with Gasteiger partial charge in [0.1, 0.15) is 10.2 Å². The topological polar surface area (TPSA) is 7.68 Å². The Balaban J connectivity index is 1.60. The van der Waals surface area contributed by atoms with E-state index in [1.807, 2.05) is 16.7 Å². The molecule has 2 nitrogen and oxygen atoms in total. The molecule has 19 heavy (non-hydrogen) atoms. The van der Waals surface area contributed by atoms with Crippen molar-refractivity contribution in [2.24, 2.45) is 0 Å². The van der Waals surface area contributed by atoms with Gasteiger partial charge in [-0.1, -0.05) is 37.9 Å². The predicted octanol–water partition coefficient (Wildman–Crippen LogP) is 2.79. The second kappa shape index (κ2) is 6.77. The van der Waals surface area contributed by atoms with Crippen LogP contribution in [0, 0.1) is 0 Å². The fraction of sp³-hybridized carbons (Fsp3) is 0.933. The van der Waals surface area contributed by atoms with Gasteiger partial charge in [-0.3, -0.25) is 0 Å². The SMILES string of the molecule is S=C1SC[NH+](C2CCCCC2)CN1C1CCCCC1. The van der Waals surface area contributed by atoms with Crippen LogP contribution in [0.25, 0.3) is 0 Å². The molecule has 0 spiro atoms. The minimum atomic E-state index is 0.757. The molecule has 108 valence electrons. The first-order valence-electron chi connectivity index (χ1n) is 8.12. The highest BCUT2D eigenvalue weighted by molar-refractivity contribution is 8.22. The van der Waals surface area contributed by atoms with Crippen LogP contribution in [0.2, 0.25) is 0 Å². The maximum Gasteiger partial charge on any atom is 0.155 e. The molecule has 0 aromatic rings. The lowest BCUT2D eigenvalue weighted by Gasteiger charge is -2.43. The van der Waals surface area contributed by atoms with E-state index in [9.17, 15) is 0 Å². The van der Waals surface area contributed by atoms with E-state index < -0.39 is 0 Å². The lowest BCUT2D eigenvalue weighted by Crippen LogP contribution is -3.18. The Labute approximate surface area is 127 Å². The Morgan fingerprint density at radius 1 is 0.947 bits per heavy atom. The van der Waals surface area contributed by atoms with E-state index in [1.54, 1.807) is 0 Å². The second-order valence-electron chi connectivity index (χ2n) is 6.47. The van der Waals surface area contributed by atoms with Crippen molar-refractivity contribution in [1.29, 1.82) is 0 Å². The molecule has 2 aliphatic carbocycles. The summed E-state index contributed by atoms with van der Waals surface area (Å²) in [6, 6.07) is 1.67. The van der Waals surface area contributed by atoms with Crippen LogP contribution in [-0.2, 0) is 0 Å². The number of rotatable bonds is 2. The van der Waals surface area contributed by atoms with Crippen LogP contribution < -0.4 is 4.90 Å². The summed E-state index contributed by atoms with van der Waals surface area (Å²) in [6.07, 6.45) is 14.3. The van der Waals surface area contributed by atoms with Crippen molar-refractivity contribution in [3.8, 4) is 0 Å². The van der Waals surface area contributed by atoms with Gasteiger partial charge < -0.3 is 9.80 Å². The zero-order valence-electron chi connectivity index (χ0n) is 11.9. The first kappa shape index (κ1) is 14.2. The first-order chi connectivity index (χ1) is 9.34. The molecule has 1 atom stereocenters. The number of nitrogens with one attached hydrogen (secondary N) is 1. The summed E-state index contributed by atoms with van der Waals surface area (Å²) in [5.74, 6) is 1.22. The number of quaternary nitrogens is 1. The van der Waals surface area contributed by atoms with E-state index in [4.69, 9.17) is 12.2 Å². The van der Waals surface area contributed by atoms with Crippen molar-refractivity contribution in [2.75, 3.05) is 12.5 Å². The van der Waals surface area contributed by atoms with Gasteiger partial charge in [0, 0.05) is 6.04 Å². The molecular formula is C15H27N2S2+. The summed E-state index contributed by atoms with van der Waals surface area (Å²) in [4.78, 5) is 4.40. The molecule has 3 aliphatic rings. The van der Waals surface area contributed by atoms with Gasteiger partial charge in [0.25, 0.3) is 0 Å². The van der Waals surface area contributed by atoms with E-state index in [0.29, 0.717) is 0 Å². The van der Waals surface area contributed by atoms with Crippen molar-refractivity contribution >= 4 is 28.3 Å². The highest BCUT2D eigenvalue weighted by atomic mass is 32.2. The average Bonchev–Trinajstić information content (AvgIpc) is 2.49. The maximum atomic E-state index is 5.64. The van der Waals surface area contributed by atoms with Gasteiger partial charge in [-0.05, 0) is 50.3 Å². The van der Waals surface area contributed by atoms with Gasteiger partial charge in [0.15, 0.2) is 6.67 Å². The smallest absolute Gasteiger partial charge is 0.155 e. The van der Waals surface area contributed by atoms with Crippen LogP contribution in [0.4, 0.5) is 0 Å². The molecule has 0 aromatic carbocycles. The molecule has 0 aromatic heterocycles. The number of hydrogen-bond acceptors (Lipinski definition) is 2. The highest BCUT2D eigenvalue weighted by Crippen LogP contribution is 2.26. The summed E-state index contributed by atoms with van der Waals surface area (Å²) in [5, 5.41) is 0. The van der Waals surface area contributed by atoms with Crippen molar-refractivity contribution < 1.29 is 4.90 Å². The number of thiocarbonyl (C=S) groups is 1. The summed E-state index contributed by atoms with van der Waals surface area (Å²) in [6.45, 7) is 1.20. The Morgan fingerprint density at radius 3 is 2.26 bits per heavy atom. The lowest BCUT2D eigenvalue weighted by molar-refractivity contribution is -0.924. The van der Waals surface area contributed by atoms with Crippen LogP contribution in [0.15, 0.2) is 0 Å². The third kappa shape index (κ3) is 3.45. The quantitative estimate of drug-likeness (QED) is 0.785. The molecule has 3 fully saturated rings. The summed E-state index contributed by atoms with van der Waals surface area (Å²) < 4.78 is 1.19. The monoisotopic (exact) mass is 299 g/mol. The molecule has 1 N–H and O–H groups in total. The first-order valence-corrected chi connectivity index (χ1v) is 9.52. The Bertz CT molecular complexity index is 309. The van der Waals surface area contributed by atoms with Gasteiger partial charge in [-0.15, -0.1) is 0 Å². The molecule has 0 radical (unpaired) electrons. The molecular weight excluding hydrogens is 272 g/mol. The number of thioether (sulfide) groups is 1. The standard InChI is InChI=1S/C15H26N2S2/c18-15-17(14-9-5-2-6-10-14)11-16(12-19-15)13-7-3-1-4-8-13/h13-14H,1-12H2/p+1. The minimum Gasteiger partial charge on any atom is -0.307 e. The summed E-state index contributed by atoms with van der Waals surface area (Å²) in [5.41, 5.74) is 0. The van der Waals surface area contributed by atoms with Crippen molar-refractivity contribution in [1.82, 2.24) is 4.90 Å². The maximum absolute atomic E-state index is 5.64. The number of nitrogens with zero attached hydrogens (tertiary/aromatic N) is 1. The predicted molar refractivity (Wildman–Crippen MR) is 86.5 cm³/mol. The van der Waals surface area contributed by atoms with Crippen LogP contribution in [0.5, 0.6) is 0 Å². The second-order valence-corrected chi connectivity index (χ2v) is 8.08. The highest BCUT2D eigenvalue weighted by Gasteiger charge is 2.35. The van der Waals surface area contributed by atoms with Gasteiger partial charge in [-0.2, -0.15) is 0 Å². The molecule has 1 saturated heterocycles. The average molecular weight is 300 g/mol. The third-order valence-corrected chi connectivity index (χ3v) is 6.77. The third-order valence-electron chi connectivity index (χ3n) is 5.19. The van der Waals surface area contributed by atoms with Crippen LogP contribution >= 0.6 is 24.0 Å². The summed E-state index contributed by atoms with van der Waals surface area (Å²) >= 11 is 7.58. The van der Waals surface area contributed by atoms with Gasteiger partial charge >= 0.3 is 0 Å². The molecule has 3 rings (SSSR count). The molecule has 0 amide bonds. The molecule has 1 unspecified atom stereocenters. The Morgan fingerprint density at radius 2 is 1.58 bits per heavy atom. The van der Waals surface area contributed by atoms with Crippen molar-refractivity contribution in [3.63, 3.8) is 0 Å². The van der Waals surface area contributed by atoms with E-state index in [1.165, 1.54) is 81.1 Å². The van der Waals surface area contributed by atoms with Crippen molar-refractivity contribution in [2.45, 2.75) is 76.3 Å². The van der Waals surface area contributed by atoms with E-state index in [2.05, 4.69) is 4.90 Å². The molecule has 1 aliphatic heterocycles. The van der Waals surface area contributed by atoms with Gasteiger partial charge in [0.05, 0.1) is 6.04 Å². The normalized spacial score (nSPS) is 31.7. The van der Waals surface area contributed by atoms with Gasteiger partial charge in [0.2, 0.25) is 0 Å². The Kier molecular flexibility index (Phi) is 5.04. The van der Waals surface area contributed by atoms with Crippen LogP contribution in [0.1, 0.15) is 64.2 Å². The Hall–Kier alpha value is 0.200. The summed E-state index contributed by atoms with van der Waals surface area (Å²) in [7, 11) is 0. The molecule has 0 bridgehead atoms. The number of hydrogen-bond donors (Lipinski definition) is 1. The van der Waals surface area contributed by atoms with Crippen LogP contribution in [-0.4, -0.2) is 33.8 Å². The van der Waals surface area contributed by atoms with Crippen molar-refractivity contribution in [3.05, 3.63) is 0 Å². The fourth-order valence-electron chi connectivity index (χ4n) is 4.00. The van der Waals surface area contributed by atoms with Crippen LogP contribution in [0.3, 0.4) is 0 Å². The zero-order valence-corrected chi connectivity index (χ0v) is 13.5. The zero-order chi connectivity index (χ0) is 13.1. The van der Waals surface area contributed by atoms with Gasteiger partial charge in [-0.25, -0.2) is 0 Å². The molecule has 2 saturated carbocycles. The van der Waals surface area contributed by atoms with E-state index in [-0.39, 0.29) is 0 Å². The van der Waals surface area contributed by atoms with E-state index in [0.717, 1.165) is 12.1 Å². The fourth-order valence-corrected chi connectivity index (χ4v) is 5.40. The van der Waals surface area contributed by atoms with E-state index >= 15 is 0 Å². The lowest BCUT2D eigenvalue weighted by atomic mass is 9.93. The molecule has 4 heteroatoms.